The molecule has 0 fully saturated rings. The molecule has 0 saturated carbocycles. The number of nitrogens with one attached hydrogen (secondary N) is 1. The van der Waals surface area contributed by atoms with Crippen molar-refractivity contribution in [3.8, 4) is 17.1 Å². The van der Waals surface area contributed by atoms with E-state index in [1.54, 1.807) is 61.6 Å². The van der Waals surface area contributed by atoms with E-state index in [9.17, 15) is 9.59 Å². The molecule has 1 aromatic carbocycles. The van der Waals surface area contributed by atoms with Crippen LogP contribution in [0.15, 0.2) is 53.6 Å². The fourth-order valence-electron chi connectivity index (χ4n) is 2.96. The molecule has 3 aromatic rings. The number of carbonyl (C=O) groups excluding carboxylic acids is 1. The van der Waals surface area contributed by atoms with Crippen molar-refractivity contribution in [1.82, 2.24) is 19.9 Å². The van der Waals surface area contributed by atoms with Crippen LogP contribution in [0.25, 0.3) is 11.4 Å². The van der Waals surface area contributed by atoms with Gasteiger partial charge in [-0.25, -0.2) is 4.98 Å². The van der Waals surface area contributed by atoms with Crippen molar-refractivity contribution in [2.24, 2.45) is 0 Å². The third-order valence-corrected chi connectivity index (χ3v) is 4.92. The molecule has 0 radical (unpaired) electrons. The lowest BCUT2D eigenvalue weighted by Gasteiger charge is -2.17. The minimum Gasteiger partial charge on any atom is -0.492 e. The van der Waals surface area contributed by atoms with Gasteiger partial charge in [-0.3, -0.25) is 14.6 Å². The Morgan fingerprint density at radius 1 is 1.23 bits per heavy atom. The largest absolute Gasteiger partial charge is 0.492 e. The molecule has 1 amide bonds. The van der Waals surface area contributed by atoms with Crippen LogP contribution in [0.3, 0.4) is 0 Å². The van der Waals surface area contributed by atoms with Gasteiger partial charge in [0.2, 0.25) is 5.91 Å². The number of aromatic nitrogens is 3. The van der Waals surface area contributed by atoms with Gasteiger partial charge < -0.3 is 14.6 Å². The average molecular weight is 427 g/mol. The molecule has 0 atom stereocenters. The number of benzene rings is 1. The Balaban J connectivity index is 1.54. The molecular formula is C22H23ClN4O3. The molecular weight excluding hydrogens is 404 g/mol. The van der Waals surface area contributed by atoms with Crippen LogP contribution in [-0.2, 0) is 11.2 Å². The van der Waals surface area contributed by atoms with E-state index < -0.39 is 0 Å². The molecule has 7 nitrogen and oxygen atoms in total. The summed E-state index contributed by atoms with van der Waals surface area (Å²) in [7, 11) is 1.71. The molecule has 30 heavy (non-hydrogen) atoms. The second kappa shape index (κ2) is 10.0. The van der Waals surface area contributed by atoms with Gasteiger partial charge in [0.25, 0.3) is 5.56 Å². The highest BCUT2D eigenvalue weighted by atomic mass is 35.5. The number of nitrogens with zero attached hydrogens (tertiary/aromatic N) is 3. The van der Waals surface area contributed by atoms with Crippen molar-refractivity contribution in [2.75, 3.05) is 20.2 Å². The first-order chi connectivity index (χ1) is 14.4. The SMILES string of the molecule is Cc1nc(-c2ccncc2)[nH]c(=O)c1CCC(=O)N(C)CCOc1cccc(Cl)c1. The van der Waals surface area contributed by atoms with Crippen LogP contribution >= 0.6 is 11.6 Å². The summed E-state index contributed by atoms with van der Waals surface area (Å²) in [6.45, 7) is 2.56. The lowest BCUT2D eigenvalue weighted by molar-refractivity contribution is -0.130. The number of halogens is 1. The van der Waals surface area contributed by atoms with Gasteiger partial charge >= 0.3 is 0 Å². The highest BCUT2D eigenvalue weighted by Gasteiger charge is 2.14. The second-order valence-electron chi connectivity index (χ2n) is 6.84. The van der Waals surface area contributed by atoms with Crippen molar-refractivity contribution < 1.29 is 9.53 Å². The third kappa shape index (κ3) is 5.67. The Bertz CT molecular complexity index is 1070. The van der Waals surface area contributed by atoms with E-state index in [0.717, 1.165) is 5.56 Å². The number of H-pyrrole nitrogens is 1. The van der Waals surface area contributed by atoms with Gasteiger partial charge in [0.05, 0.1) is 6.54 Å². The highest BCUT2D eigenvalue weighted by molar-refractivity contribution is 6.30. The molecule has 0 aliphatic carbocycles. The number of rotatable bonds is 8. The Morgan fingerprint density at radius 3 is 2.70 bits per heavy atom. The normalized spacial score (nSPS) is 10.6. The van der Waals surface area contributed by atoms with Crippen LogP contribution < -0.4 is 10.3 Å². The lowest BCUT2D eigenvalue weighted by Crippen LogP contribution is -2.31. The summed E-state index contributed by atoms with van der Waals surface area (Å²) >= 11 is 5.93. The number of hydrogen-bond donors (Lipinski definition) is 1. The number of hydrogen-bond acceptors (Lipinski definition) is 5. The predicted molar refractivity (Wildman–Crippen MR) is 116 cm³/mol. The van der Waals surface area contributed by atoms with Gasteiger partial charge in [0, 0.05) is 47.7 Å². The maximum Gasteiger partial charge on any atom is 0.254 e. The predicted octanol–water partition coefficient (Wildman–Crippen LogP) is 3.26. The van der Waals surface area contributed by atoms with Gasteiger partial charge in [-0.15, -0.1) is 0 Å². The number of likely N-dealkylation sites (N-methyl/N-ethyl adjacent to an activating group) is 1. The fourth-order valence-corrected chi connectivity index (χ4v) is 3.14. The Hall–Kier alpha value is -3.19. The van der Waals surface area contributed by atoms with Crippen molar-refractivity contribution in [3.63, 3.8) is 0 Å². The summed E-state index contributed by atoms with van der Waals surface area (Å²) in [6.07, 6.45) is 3.82. The van der Waals surface area contributed by atoms with Gasteiger partial charge in [0.1, 0.15) is 18.2 Å². The smallest absolute Gasteiger partial charge is 0.254 e. The van der Waals surface area contributed by atoms with E-state index in [-0.39, 0.29) is 17.9 Å². The molecule has 3 rings (SSSR count). The first-order valence-corrected chi connectivity index (χ1v) is 9.94. The van der Waals surface area contributed by atoms with Crippen LogP contribution in [0.4, 0.5) is 0 Å². The van der Waals surface area contributed by atoms with Crippen LogP contribution in [0.2, 0.25) is 5.02 Å². The Kier molecular flexibility index (Phi) is 7.19. The molecule has 0 bridgehead atoms. The molecule has 0 aliphatic rings. The second-order valence-corrected chi connectivity index (χ2v) is 7.27. The average Bonchev–Trinajstić information content (AvgIpc) is 2.73. The first kappa shape index (κ1) is 21.5. The van der Waals surface area contributed by atoms with Crippen molar-refractivity contribution in [2.45, 2.75) is 19.8 Å². The topological polar surface area (TPSA) is 88.2 Å². The number of carbonyl (C=O) groups is 1. The number of aromatic amines is 1. The van der Waals surface area contributed by atoms with E-state index in [2.05, 4.69) is 15.0 Å². The van der Waals surface area contributed by atoms with E-state index >= 15 is 0 Å². The summed E-state index contributed by atoms with van der Waals surface area (Å²) in [5.41, 5.74) is 1.69. The molecule has 156 valence electrons. The fraction of sp³-hybridized carbons (Fsp3) is 0.273. The maximum atomic E-state index is 12.5. The summed E-state index contributed by atoms with van der Waals surface area (Å²) in [5.74, 6) is 1.08. The summed E-state index contributed by atoms with van der Waals surface area (Å²) < 4.78 is 5.62. The van der Waals surface area contributed by atoms with E-state index in [1.165, 1.54) is 0 Å². The Labute approximate surface area is 179 Å². The molecule has 2 heterocycles. The number of pyridine rings is 1. The standard InChI is InChI=1S/C22H23ClN4O3/c1-15-19(22(29)26-21(25-15)16-8-10-24-11-9-16)6-7-20(28)27(2)12-13-30-18-5-3-4-17(23)14-18/h3-5,8-11,14H,6-7,12-13H2,1-2H3,(H,25,26,29). The molecule has 0 saturated heterocycles. The van der Waals surface area contributed by atoms with Crippen LogP contribution in [-0.4, -0.2) is 46.0 Å². The van der Waals surface area contributed by atoms with E-state index in [4.69, 9.17) is 16.3 Å². The molecule has 1 N–H and O–H groups in total. The monoisotopic (exact) mass is 426 g/mol. The number of aryl methyl sites for hydroxylation is 1. The number of ether oxygens (including phenoxy) is 1. The quantitative estimate of drug-likeness (QED) is 0.597. The highest BCUT2D eigenvalue weighted by Crippen LogP contribution is 2.17. The molecule has 8 heteroatoms. The molecule has 0 aliphatic heterocycles. The van der Waals surface area contributed by atoms with Gasteiger partial charge in [-0.05, 0) is 43.7 Å². The molecule has 0 unspecified atom stereocenters. The molecule has 2 aromatic heterocycles. The van der Waals surface area contributed by atoms with E-state index in [1.807, 2.05) is 6.07 Å². The Morgan fingerprint density at radius 2 is 2.00 bits per heavy atom. The number of amides is 1. The van der Waals surface area contributed by atoms with Crippen LogP contribution in [0, 0.1) is 6.92 Å². The van der Waals surface area contributed by atoms with Gasteiger partial charge in [-0.2, -0.15) is 0 Å². The summed E-state index contributed by atoms with van der Waals surface area (Å²) in [6, 6.07) is 10.7. The zero-order valence-corrected chi connectivity index (χ0v) is 17.6. The molecule has 0 spiro atoms. The van der Waals surface area contributed by atoms with E-state index in [0.29, 0.717) is 47.4 Å². The minimum atomic E-state index is -0.228. The van der Waals surface area contributed by atoms with Crippen LogP contribution in [0.1, 0.15) is 17.7 Å². The van der Waals surface area contributed by atoms with Gasteiger partial charge in [-0.1, -0.05) is 17.7 Å². The minimum absolute atomic E-state index is 0.0679. The van der Waals surface area contributed by atoms with Crippen molar-refractivity contribution in [1.29, 1.82) is 0 Å². The zero-order valence-electron chi connectivity index (χ0n) is 16.9. The summed E-state index contributed by atoms with van der Waals surface area (Å²) in [4.78, 5) is 37.8. The van der Waals surface area contributed by atoms with Gasteiger partial charge in [0.15, 0.2) is 0 Å². The first-order valence-electron chi connectivity index (χ1n) is 9.56. The van der Waals surface area contributed by atoms with Crippen LogP contribution in [0.5, 0.6) is 5.75 Å². The zero-order chi connectivity index (χ0) is 21.5. The lowest BCUT2D eigenvalue weighted by atomic mass is 10.1. The third-order valence-electron chi connectivity index (χ3n) is 4.68. The maximum absolute atomic E-state index is 12.5. The summed E-state index contributed by atoms with van der Waals surface area (Å²) in [5, 5.41) is 0.598. The van der Waals surface area contributed by atoms with Crippen molar-refractivity contribution >= 4 is 17.5 Å². The van der Waals surface area contributed by atoms with Crippen molar-refractivity contribution in [3.05, 3.63) is 75.4 Å².